The summed E-state index contributed by atoms with van der Waals surface area (Å²) in [6.07, 6.45) is -1.63. The minimum absolute atomic E-state index is 0.116. The van der Waals surface area contributed by atoms with Gasteiger partial charge in [0.2, 0.25) is 0 Å². The summed E-state index contributed by atoms with van der Waals surface area (Å²) in [4.78, 5) is 23.1. The summed E-state index contributed by atoms with van der Waals surface area (Å²) in [5.41, 5.74) is 0. The number of hydrogen-bond acceptors (Lipinski definition) is 7. The lowest BCUT2D eigenvalue weighted by molar-refractivity contribution is -0.0554. The molecule has 0 aliphatic heterocycles. The van der Waals surface area contributed by atoms with Gasteiger partial charge in [-0.05, 0) is 26.2 Å². The molecule has 9 nitrogen and oxygen atoms in total. The molecular weight excluding hydrogens is 388 g/mol. The van der Waals surface area contributed by atoms with Crippen LogP contribution in [0, 0.1) is 0 Å². The highest BCUT2D eigenvalue weighted by Gasteiger charge is 2.51. The number of carbonyl (C=O) groups is 2. The number of hydrogen-bond donors (Lipinski definition) is 2. The fourth-order valence-corrected chi connectivity index (χ4v) is 10.1. The molecule has 0 fully saturated rings. The Morgan fingerprint density at radius 1 is 0.778 bits per heavy atom. The minimum Gasteiger partial charge on any atom is -0.455 e. The molecule has 11 heteroatoms. The summed E-state index contributed by atoms with van der Waals surface area (Å²) in [5.74, 6) is 0. The number of rotatable bonds is 8. The van der Waals surface area contributed by atoms with Crippen molar-refractivity contribution in [3.05, 3.63) is 0 Å². The Morgan fingerprint density at radius 3 is 1.26 bits per heavy atom. The van der Waals surface area contributed by atoms with Gasteiger partial charge in [-0.3, -0.25) is 10.4 Å². The molecule has 0 unspecified atom stereocenters. The third-order valence-corrected chi connectivity index (χ3v) is 16.3. The fourth-order valence-electron chi connectivity index (χ4n) is 1.93. The summed E-state index contributed by atoms with van der Waals surface area (Å²) >= 11 is 0. The number of ether oxygens (including phenoxy) is 2. The molecule has 2 N–H and O–H groups in total. The van der Waals surface area contributed by atoms with Crippen LogP contribution in [0.15, 0.2) is 0 Å². The van der Waals surface area contributed by atoms with Gasteiger partial charge in [-0.1, -0.05) is 27.7 Å². The van der Waals surface area contributed by atoms with Crippen LogP contribution in [0.4, 0.5) is 9.59 Å². The molecule has 160 valence electrons. The first-order chi connectivity index (χ1) is 11.9. The molecule has 0 spiro atoms. The quantitative estimate of drug-likeness (QED) is 0.345. The average molecular weight is 425 g/mol. The van der Waals surface area contributed by atoms with Gasteiger partial charge in [0.15, 0.2) is 16.6 Å². The number of nitrogens with zero attached hydrogens (tertiary/aromatic N) is 2. The third-order valence-electron chi connectivity index (χ3n) is 5.41. The molecule has 0 atom stereocenters. The van der Waals surface area contributed by atoms with Crippen LogP contribution in [0.2, 0.25) is 36.3 Å². The van der Waals surface area contributed by atoms with Crippen molar-refractivity contribution in [3.63, 3.8) is 0 Å². The summed E-state index contributed by atoms with van der Waals surface area (Å²) in [6, 6.07) is 0. The van der Waals surface area contributed by atoms with E-state index in [4.69, 9.17) is 24.0 Å². The molecule has 0 saturated carbocycles. The van der Waals surface area contributed by atoms with Crippen LogP contribution >= 0.6 is 0 Å². The van der Waals surface area contributed by atoms with Crippen LogP contribution < -0.4 is 0 Å². The number of carbonyl (C=O) groups excluding carboxylic acids is 2. The first kappa shape index (κ1) is 25.9. The Labute approximate surface area is 164 Å². The highest BCUT2D eigenvalue weighted by atomic mass is 28.4. The van der Waals surface area contributed by atoms with Gasteiger partial charge in [-0.2, -0.15) is 10.1 Å². The second-order valence-electron chi connectivity index (χ2n) is 9.05. The zero-order chi connectivity index (χ0) is 21.8. The molecule has 0 aliphatic rings. The molecule has 0 rings (SSSR count). The first-order valence-corrected chi connectivity index (χ1v) is 14.6. The predicted octanol–water partition coefficient (Wildman–Crippen LogP) is 3.89. The lowest BCUT2D eigenvalue weighted by atomic mass is 10.2. The SMILES string of the molecule is CN(O)C(=O)OCC(C)(C)[Si](C)(C)O[Si](C)(C)C(C)(C)COC(=O)N(C)O. The zero-order valence-corrected chi connectivity index (χ0v) is 20.2. The Kier molecular flexibility index (Phi) is 8.53. The van der Waals surface area contributed by atoms with Crippen LogP contribution in [-0.4, -0.2) is 76.7 Å². The molecule has 0 radical (unpaired) electrons. The first-order valence-electron chi connectivity index (χ1n) is 8.75. The maximum absolute atomic E-state index is 11.5. The molecule has 2 amide bonds. The van der Waals surface area contributed by atoms with Gasteiger partial charge in [0.1, 0.15) is 0 Å². The lowest BCUT2D eigenvalue weighted by Gasteiger charge is -2.48. The van der Waals surface area contributed by atoms with Crippen LogP contribution in [-0.2, 0) is 13.6 Å². The van der Waals surface area contributed by atoms with Crippen molar-refractivity contribution in [3.8, 4) is 0 Å². The van der Waals surface area contributed by atoms with Crippen molar-refractivity contribution in [1.82, 2.24) is 10.1 Å². The van der Waals surface area contributed by atoms with Crippen molar-refractivity contribution < 1.29 is 33.6 Å². The van der Waals surface area contributed by atoms with Gasteiger partial charge in [-0.25, -0.2) is 9.59 Å². The normalized spacial score (nSPS) is 13.2. The second kappa shape index (κ2) is 8.90. The van der Waals surface area contributed by atoms with Crippen molar-refractivity contribution in [2.24, 2.45) is 0 Å². The molecule has 0 aromatic heterocycles. The summed E-state index contributed by atoms with van der Waals surface area (Å²) in [5, 5.41) is 18.3. The number of amides is 2. The van der Waals surface area contributed by atoms with Crippen molar-refractivity contribution in [1.29, 1.82) is 0 Å². The molecule has 0 saturated heterocycles. The third kappa shape index (κ3) is 7.07. The van der Waals surface area contributed by atoms with Crippen molar-refractivity contribution in [2.45, 2.75) is 64.0 Å². The zero-order valence-electron chi connectivity index (χ0n) is 18.2. The van der Waals surface area contributed by atoms with Crippen LogP contribution in [0.25, 0.3) is 0 Å². The molecule has 0 aliphatic carbocycles. The summed E-state index contributed by atoms with van der Waals surface area (Å²) in [6.45, 7) is 16.4. The van der Waals surface area contributed by atoms with E-state index in [-0.39, 0.29) is 13.2 Å². The Bertz CT molecular complexity index is 489. The van der Waals surface area contributed by atoms with E-state index in [2.05, 4.69) is 26.2 Å². The Hall–Kier alpha value is -1.15. The minimum atomic E-state index is -2.37. The van der Waals surface area contributed by atoms with Gasteiger partial charge in [-0.15, -0.1) is 0 Å². The molecular formula is C16H36N2O7Si2. The predicted molar refractivity (Wildman–Crippen MR) is 106 cm³/mol. The average Bonchev–Trinajstić information content (AvgIpc) is 2.48. The lowest BCUT2D eigenvalue weighted by Crippen LogP contribution is -2.57. The maximum Gasteiger partial charge on any atom is 0.433 e. The van der Waals surface area contributed by atoms with E-state index in [1.54, 1.807) is 0 Å². The molecule has 27 heavy (non-hydrogen) atoms. The van der Waals surface area contributed by atoms with E-state index in [9.17, 15) is 9.59 Å². The maximum atomic E-state index is 11.5. The van der Waals surface area contributed by atoms with Gasteiger partial charge >= 0.3 is 12.2 Å². The largest absolute Gasteiger partial charge is 0.455 e. The highest BCUT2D eigenvalue weighted by molar-refractivity contribution is 6.87. The van der Waals surface area contributed by atoms with Crippen molar-refractivity contribution >= 4 is 28.8 Å². The van der Waals surface area contributed by atoms with E-state index < -0.39 is 38.9 Å². The van der Waals surface area contributed by atoms with E-state index in [1.165, 1.54) is 14.1 Å². The molecule has 0 aromatic rings. The van der Waals surface area contributed by atoms with E-state index in [0.717, 1.165) is 0 Å². The Morgan fingerprint density at radius 2 is 1.04 bits per heavy atom. The van der Waals surface area contributed by atoms with E-state index in [1.807, 2.05) is 27.7 Å². The van der Waals surface area contributed by atoms with Crippen LogP contribution in [0.3, 0.4) is 0 Å². The topological polar surface area (TPSA) is 109 Å². The summed E-state index contributed by atoms with van der Waals surface area (Å²) in [7, 11) is -2.33. The summed E-state index contributed by atoms with van der Waals surface area (Å²) < 4.78 is 17.0. The highest BCUT2D eigenvalue weighted by Crippen LogP contribution is 2.45. The Balaban J connectivity index is 5.19. The standard InChI is InChI=1S/C16H36N2O7Si2/c1-15(2,11-23-13(19)17(5)21)26(7,8)25-27(9,10)16(3,4)12-24-14(20)18(6)22/h21-22H,11-12H2,1-10H3. The smallest absolute Gasteiger partial charge is 0.433 e. The molecule has 0 bridgehead atoms. The van der Waals surface area contributed by atoms with Gasteiger partial charge in [0, 0.05) is 24.2 Å². The van der Waals surface area contributed by atoms with Crippen LogP contribution in [0.5, 0.6) is 0 Å². The number of hydroxylamine groups is 4. The van der Waals surface area contributed by atoms with Crippen LogP contribution in [0.1, 0.15) is 27.7 Å². The second-order valence-corrected chi connectivity index (χ2v) is 18.6. The van der Waals surface area contributed by atoms with Gasteiger partial charge in [0.25, 0.3) is 0 Å². The van der Waals surface area contributed by atoms with E-state index >= 15 is 0 Å². The van der Waals surface area contributed by atoms with Crippen molar-refractivity contribution in [2.75, 3.05) is 27.3 Å². The van der Waals surface area contributed by atoms with Gasteiger partial charge in [0.05, 0.1) is 13.2 Å². The fraction of sp³-hybridized carbons (Fsp3) is 0.875. The monoisotopic (exact) mass is 424 g/mol. The van der Waals surface area contributed by atoms with E-state index in [0.29, 0.717) is 10.1 Å². The van der Waals surface area contributed by atoms with Gasteiger partial charge < -0.3 is 13.6 Å². The molecule has 0 aromatic carbocycles. The molecule has 0 heterocycles.